The molecule has 2 aromatic carbocycles. The molecule has 1 N–H and O–H groups in total. The number of ether oxygens (including phenoxy) is 1. The molecular formula is C21H27NO4S. The average molecular weight is 390 g/mol. The van der Waals surface area contributed by atoms with Gasteiger partial charge in [0, 0.05) is 6.26 Å². The average Bonchev–Trinajstić information content (AvgIpc) is 2.65. The van der Waals surface area contributed by atoms with Crippen molar-refractivity contribution < 1.29 is 17.9 Å². The highest BCUT2D eigenvalue weighted by Crippen LogP contribution is 2.18. The summed E-state index contributed by atoms with van der Waals surface area (Å²) in [6, 6.07) is 14.0. The van der Waals surface area contributed by atoms with Crippen LogP contribution in [-0.2, 0) is 21.1 Å². The van der Waals surface area contributed by atoms with Crippen LogP contribution in [0.1, 0.15) is 44.4 Å². The third-order valence-electron chi connectivity index (χ3n) is 4.44. The van der Waals surface area contributed by atoms with Gasteiger partial charge in [0.25, 0.3) is 5.91 Å². The molecule has 27 heavy (non-hydrogen) atoms. The zero-order chi connectivity index (χ0) is 20.0. The Balaban J connectivity index is 2.02. The van der Waals surface area contributed by atoms with Gasteiger partial charge in [-0.1, -0.05) is 38.1 Å². The second-order valence-electron chi connectivity index (χ2n) is 6.58. The first-order valence-corrected chi connectivity index (χ1v) is 11.0. The van der Waals surface area contributed by atoms with E-state index in [0.29, 0.717) is 12.2 Å². The van der Waals surface area contributed by atoms with Crippen LogP contribution in [0, 0.1) is 0 Å². The molecule has 2 rings (SSSR count). The number of amides is 1. The number of benzene rings is 2. The minimum atomic E-state index is -3.23. The maximum Gasteiger partial charge on any atom is 0.261 e. The first kappa shape index (κ1) is 21.0. The molecule has 1 amide bonds. The standard InChI is InChI=1S/C21H27NO4S/c1-5-16-7-11-18(12-8-16)26-20(6-2)21(23)22-15(3)17-9-13-19(14-10-17)27(4,24)25/h7-15,20H,5-6H2,1-4H3,(H,22,23). The number of carbonyl (C=O) groups is 1. The third kappa shape index (κ3) is 5.82. The van der Waals surface area contributed by atoms with Crippen LogP contribution in [0.3, 0.4) is 0 Å². The minimum Gasteiger partial charge on any atom is -0.481 e. The molecular weight excluding hydrogens is 362 g/mol. The quantitative estimate of drug-likeness (QED) is 0.747. The van der Waals surface area contributed by atoms with Crippen LogP contribution < -0.4 is 10.1 Å². The normalized spacial score (nSPS) is 13.6. The Morgan fingerprint density at radius 3 is 2.11 bits per heavy atom. The smallest absolute Gasteiger partial charge is 0.261 e. The van der Waals surface area contributed by atoms with E-state index in [0.717, 1.165) is 12.0 Å². The molecule has 0 spiro atoms. The van der Waals surface area contributed by atoms with Gasteiger partial charge in [-0.3, -0.25) is 4.79 Å². The van der Waals surface area contributed by atoms with Crippen LogP contribution in [0.4, 0.5) is 0 Å². The number of rotatable bonds is 8. The zero-order valence-electron chi connectivity index (χ0n) is 16.2. The topological polar surface area (TPSA) is 72.5 Å². The monoisotopic (exact) mass is 389 g/mol. The highest BCUT2D eigenvalue weighted by Gasteiger charge is 2.21. The van der Waals surface area contributed by atoms with Crippen LogP contribution in [0.2, 0.25) is 0 Å². The summed E-state index contributed by atoms with van der Waals surface area (Å²) < 4.78 is 28.9. The van der Waals surface area contributed by atoms with Crippen molar-refractivity contribution in [3.63, 3.8) is 0 Å². The number of nitrogens with one attached hydrogen (secondary N) is 1. The van der Waals surface area contributed by atoms with Crippen molar-refractivity contribution >= 4 is 15.7 Å². The van der Waals surface area contributed by atoms with Crippen molar-refractivity contribution in [2.45, 2.75) is 50.7 Å². The molecule has 146 valence electrons. The van der Waals surface area contributed by atoms with E-state index >= 15 is 0 Å². The van der Waals surface area contributed by atoms with Gasteiger partial charge in [-0.2, -0.15) is 0 Å². The number of hydrogen-bond acceptors (Lipinski definition) is 4. The van der Waals surface area contributed by atoms with E-state index in [2.05, 4.69) is 12.2 Å². The molecule has 0 radical (unpaired) electrons. The molecule has 0 fully saturated rings. The molecule has 0 aromatic heterocycles. The molecule has 0 aliphatic rings. The van der Waals surface area contributed by atoms with Crippen molar-refractivity contribution in [2.24, 2.45) is 0 Å². The molecule has 0 saturated heterocycles. The van der Waals surface area contributed by atoms with E-state index < -0.39 is 15.9 Å². The fourth-order valence-electron chi connectivity index (χ4n) is 2.68. The van der Waals surface area contributed by atoms with Gasteiger partial charge in [-0.05, 0) is 55.2 Å². The van der Waals surface area contributed by atoms with E-state index in [1.807, 2.05) is 38.1 Å². The zero-order valence-corrected chi connectivity index (χ0v) is 17.0. The number of sulfone groups is 1. The number of aryl methyl sites for hydroxylation is 1. The maximum absolute atomic E-state index is 12.6. The lowest BCUT2D eigenvalue weighted by atomic mass is 10.1. The first-order chi connectivity index (χ1) is 12.7. The number of carbonyl (C=O) groups excluding carboxylic acids is 1. The number of hydrogen-bond donors (Lipinski definition) is 1. The fraction of sp³-hybridized carbons (Fsp3) is 0.381. The van der Waals surface area contributed by atoms with Gasteiger partial charge in [0.15, 0.2) is 15.9 Å². The molecule has 0 saturated carbocycles. The summed E-state index contributed by atoms with van der Waals surface area (Å²) in [4.78, 5) is 12.8. The van der Waals surface area contributed by atoms with Crippen molar-refractivity contribution in [2.75, 3.05) is 6.26 Å². The van der Waals surface area contributed by atoms with Crippen molar-refractivity contribution in [3.8, 4) is 5.75 Å². The lowest BCUT2D eigenvalue weighted by Gasteiger charge is -2.21. The first-order valence-electron chi connectivity index (χ1n) is 9.10. The summed E-state index contributed by atoms with van der Waals surface area (Å²) in [5, 5.41) is 2.93. The van der Waals surface area contributed by atoms with Crippen LogP contribution in [0.5, 0.6) is 5.75 Å². The second kappa shape index (κ2) is 9.04. The summed E-state index contributed by atoms with van der Waals surface area (Å²) in [5.41, 5.74) is 2.05. The van der Waals surface area contributed by atoms with Gasteiger partial charge in [-0.25, -0.2) is 8.42 Å². The molecule has 5 nitrogen and oxygen atoms in total. The Morgan fingerprint density at radius 2 is 1.63 bits per heavy atom. The van der Waals surface area contributed by atoms with E-state index in [4.69, 9.17) is 4.74 Å². The molecule has 2 aromatic rings. The molecule has 0 aliphatic heterocycles. The Morgan fingerprint density at radius 1 is 1.04 bits per heavy atom. The molecule has 0 aliphatic carbocycles. The molecule has 0 heterocycles. The summed E-state index contributed by atoms with van der Waals surface area (Å²) in [6.45, 7) is 5.84. The van der Waals surface area contributed by atoms with Crippen LogP contribution in [-0.4, -0.2) is 26.7 Å². The van der Waals surface area contributed by atoms with Crippen molar-refractivity contribution in [3.05, 3.63) is 59.7 Å². The Labute approximate surface area is 161 Å². The predicted molar refractivity (Wildman–Crippen MR) is 107 cm³/mol. The predicted octanol–water partition coefficient (Wildman–Crippen LogP) is 3.69. The van der Waals surface area contributed by atoms with E-state index in [1.165, 1.54) is 11.8 Å². The fourth-order valence-corrected chi connectivity index (χ4v) is 3.31. The van der Waals surface area contributed by atoms with E-state index in [9.17, 15) is 13.2 Å². The summed E-state index contributed by atoms with van der Waals surface area (Å²) in [5.74, 6) is 0.469. The summed E-state index contributed by atoms with van der Waals surface area (Å²) >= 11 is 0. The van der Waals surface area contributed by atoms with Gasteiger partial charge in [0.1, 0.15) is 5.75 Å². The molecule has 2 atom stereocenters. The lowest BCUT2D eigenvalue weighted by Crippen LogP contribution is -2.39. The highest BCUT2D eigenvalue weighted by molar-refractivity contribution is 7.90. The van der Waals surface area contributed by atoms with Crippen molar-refractivity contribution in [1.29, 1.82) is 0 Å². The summed E-state index contributed by atoms with van der Waals surface area (Å²) in [7, 11) is -3.23. The SMILES string of the molecule is CCc1ccc(OC(CC)C(=O)NC(C)c2ccc(S(C)(=O)=O)cc2)cc1. The molecule has 0 bridgehead atoms. The van der Waals surface area contributed by atoms with Gasteiger partial charge in [-0.15, -0.1) is 0 Å². The van der Waals surface area contributed by atoms with E-state index in [1.54, 1.807) is 24.3 Å². The van der Waals surface area contributed by atoms with Gasteiger partial charge in [0.2, 0.25) is 0 Å². The Kier molecular flexibility index (Phi) is 7.02. The second-order valence-corrected chi connectivity index (χ2v) is 8.60. The van der Waals surface area contributed by atoms with Gasteiger partial charge >= 0.3 is 0 Å². The van der Waals surface area contributed by atoms with Crippen LogP contribution in [0.15, 0.2) is 53.4 Å². The van der Waals surface area contributed by atoms with Crippen molar-refractivity contribution in [1.82, 2.24) is 5.32 Å². The maximum atomic E-state index is 12.6. The molecule has 2 unspecified atom stereocenters. The van der Waals surface area contributed by atoms with Crippen LogP contribution >= 0.6 is 0 Å². The lowest BCUT2D eigenvalue weighted by molar-refractivity contribution is -0.128. The highest BCUT2D eigenvalue weighted by atomic mass is 32.2. The largest absolute Gasteiger partial charge is 0.481 e. The Hall–Kier alpha value is -2.34. The Bertz CT molecular complexity index is 858. The third-order valence-corrected chi connectivity index (χ3v) is 5.57. The minimum absolute atomic E-state index is 0.197. The summed E-state index contributed by atoms with van der Waals surface area (Å²) in [6.07, 6.45) is 2.08. The molecule has 6 heteroatoms. The van der Waals surface area contributed by atoms with Crippen LogP contribution in [0.25, 0.3) is 0 Å². The van der Waals surface area contributed by atoms with Gasteiger partial charge in [0.05, 0.1) is 10.9 Å². The van der Waals surface area contributed by atoms with Gasteiger partial charge < -0.3 is 10.1 Å². The van der Waals surface area contributed by atoms with E-state index in [-0.39, 0.29) is 16.8 Å².